The quantitative estimate of drug-likeness (QED) is 0.682. The number of halogens is 1. The summed E-state index contributed by atoms with van der Waals surface area (Å²) in [5.74, 6) is 1.73. The fourth-order valence-electron chi connectivity index (χ4n) is 2.62. The van der Waals surface area contributed by atoms with E-state index in [1.165, 1.54) is 33.8 Å². The number of hydrogen-bond donors (Lipinski definition) is 0. The molecule has 1 aliphatic heterocycles. The first-order valence-corrected chi connectivity index (χ1v) is 7.60. The van der Waals surface area contributed by atoms with E-state index in [0.717, 1.165) is 5.02 Å². The van der Waals surface area contributed by atoms with Gasteiger partial charge in [0.15, 0.2) is 0 Å². The maximum absolute atomic E-state index is 5.97. The molecule has 2 aromatic carbocycles. The zero-order valence-electron chi connectivity index (χ0n) is 10.3. The maximum atomic E-state index is 5.97. The molecule has 0 bridgehead atoms. The molecule has 0 aliphatic carbocycles. The minimum atomic E-state index is 0.526. The molecule has 3 rings (SSSR count). The van der Waals surface area contributed by atoms with Crippen LogP contribution in [0.4, 0.5) is 0 Å². The van der Waals surface area contributed by atoms with Crippen molar-refractivity contribution in [3.8, 4) is 0 Å². The van der Waals surface area contributed by atoms with Crippen molar-refractivity contribution in [2.75, 3.05) is 5.75 Å². The van der Waals surface area contributed by atoms with Crippen LogP contribution >= 0.6 is 23.4 Å². The molecule has 0 radical (unpaired) electrons. The fourth-order valence-corrected chi connectivity index (χ4v) is 3.98. The van der Waals surface area contributed by atoms with E-state index < -0.39 is 0 Å². The first-order chi connectivity index (χ1) is 8.75. The van der Waals surface area contributed by atoms with Gasteiger partial charge in [-0.05, 0) is 47.9 Å². The van der Waals surface area contributed by atoms with Crippen molar-refractivity contribution in [3.63, 3.8) is 0 Å². The average Bonchev–Trinajstić information content (AvgIpc) is 2.40. The lowest BCUT2D eigenvalue weighted by atomic mass is 9.88. The van der Waals surface area contributed by atoms with Gasteiger partial charge in [0, 0.05) is 15.8 Å². The van der Waals surface area contributed by atoms with Gasteiger partial charge in [0.05, 0.1) is 0 Å². The first kappa shape index (κ1) is 12.1. The number of rotatable bonds is 1. The zero-order chi connectivity index (χ0) is 12.5. The highest BCUT2D eigenvalue weighted by Gasteiger charge is 2.22. The highest BCUT2D eigenvalue weighted by atomic mass is 35.5. The molecule has 0 saturated heterocycles. The second-order valence-electron chi connectivity index (χ2n) is 4.73. The van der Waals surface area contributed by atoms with Crippen LogP contribution in [0.15, 0.2) is 47.4 Å². The van der Waals surface area contributed by atoms with E-state index in [0.29, 0.717) is 5.92 Å². The molecule has 18 heavy (non-hydrogen) atoms. The summed E-state index contributed by atoms with van der Waals surface area (Å²) in [6.45, 7) is 2.20. The predicted octanol–water partition coefficient (Wildman–Crippen LogP) is 5.28. The number of hydrogen-bond acceptors (Lipinski definition) is 1. The van der Waals surface area contributed by atoms with Gasteiger partial charge in [0.1, 0.15) is 0 Å². The third kappa shape index (κ3) is 2.17. The smallest absolute Gasteiger partial charge is 0.0406 e. The second-order valence-corrected chi connectivity index (χ2v) is 6.28. The number of benzene rings is 2. The van der Waals surface area contributed by atoms with Gasteiger partial charge in [0.2, 0.25) is 0 Å². The van der Waals surface area contributed by atoms with E-state index in [9.17, 15) is 0 Å². The van der Waals surface area contributed by atoms with Crippen LogP contribution in [0.25, 0.3) is 0 Å². The maximum Gasteiger partial charge on any atom is 0.0406 e. The lowest BCUT2D eigenvalue weighted by molar-refractivity contribution is 0.752. The molecule has 0 N–H and O–H groups in total. The highest BCUT2D eigenvalue weighted by molar-refractivity contribution is 7.99. The molecule has 0 nitrogen and oxygen atoms in total. The van der Waals surface area contributed by atoms with Gasteiger partial charge in [-0.25, -0.2) is 0 Å². The molecule has 1 atom stereocenters. The summed E-state index contributed by atoms with van der Waals surface area (Å²) in [6.07, 6.45) is 1.21. The Hall–Kier alpha value is -0.920. The van der Waals surface area contributed by atoms with Crippen molar-refractivity contribution in [1.29, 1.82) is 0 Å². The minimum Gasteiger partial charge on any atom is -0.126 e. The average molecular weight is 275 g/mol. The van der Waals surface area contributed by atoms with Crippen molar-refractivity contribution < 1.29 is 0 Å². The lowest BCUT2D eigenvalue weighted by Crippen LogP contribution is -2.09. The molecule has 2 heteroatoms. The predicted molar refractivity (Wildman–Crippen MR) is 79.8 cm³/mol. The standard InChI is InChI=1S/C16H15ClS/c1-11-3-2-4-15-14(9-10-18-16(11)15)12-5-7-13(17)8-6-12/h2-8,14H,9-10H2,1H3. The summed E-state index contributed by atoms with van der Waals surface area (Å²) < 4.78 is 0. The van der Waals surface area contributed by atoms with Crippen molar-refractivity contribution in [2.24, 2.45) is 0 Å². The molecular formula is C16H15ClS. The van der Waals surface area contributed by atoms with Gasteiger partial charge in [-0.3, -0.25) is 0 Å². The highest BCUT2D eigenvalue weighted by Crippen LogP contribution is 2.42. The van der Waals surface area contributed by atoms with Crippen LogP contribution in [0.3, 0.4) is 0 Å². The minimum absolute atomic E-state index is 0.526. The summed E-state index contributed by atoms with van der Waals surface area (Å²) in [6, 6.07) is 15.0. The lowest BCUT2D eigenvalue weighted by Gasteiger charge is -2.26. The molecule has 0 fully saturated rings. The molecule has 1 unspecified atom stereocenters. The number of fused-ring (bicyclic) bond motifs is 1. The second kappa shape index (κ2) is 4.99. The third-order valence-electron chi connectivity index (χ3n) is 3.54. The topological polar surface area (TPSA) is 0 Å². The monoisotopic (exact) mass is 274 g/mol. The molecule has 2 aromatic rings. The van der Waals surface area contributed by atoms with Gasteiger partial charge < -0.3 is 0 Å². The summed E-state index contributed by atoms with van der Waals surface area (Å²) in [5.41, 5.74) is 4.26. The van der Waals surface area contributed by atoms with Gasteiger partial charge in [0.25, 0.3) is 0 Å². The van der Waals surface area contributed by atoms with E-state index in [1.807, 2.05) is 23.9 Å². The van der Waals surface area contributed by atoms with E-state index in [1.54, 1.807) is 0 Å². The third-order valence-corrected chi connectivity index (χ3v) is 5.08. The Labute approximate surface area is 117 Å². The van der Waals surface area contributed by atoms with Crippen LogP contribution in [-0.2, 0) is 0 Å². The molecule has 0 saturated carbocycles. The fraction of sp³-hybridized carbons (Fsp3) is 0.250. The van der Waals surface area contributed by atoms with Gasteiger partial charge in [-0.2, -0.15) is 0 Å². The molecular weight excluding hydrogens is 260 g/mol. The molecule has 1 aliphatic rings. The van der Waals surface area contributed by atoms with E-state index >= 15 is 0 Å². The molecule has 0 spiro atoms. The van der Waals surface area contributed by atoms with Crippen LogP contribution in [0, 0.1) is 6.92 Å². The summed E-state index contributed by atoms with van der Waals surface area (Å²) >= 11 is 7.96. The van der Waals surface area contributed by atoms with Crippen LogP contribution in [0.5, 0.6) is 0 Å². The Balaban J connectivity index is 2.06. The number of aryl methyl sites for hydroxylation is 1. The SMILES string of the molecule is Cc1cccc2c1SCCC2c1ccc(Cl)cc1. The Morgan fingerprint density at radius 2 is 1.89 bits per heavy atom. The summed E-state index contributed by atoms with van der Waals surface area (Å²) in [4.78, 5) is 1.48. The van der Waals surface area contributed by atoms with Crippen molar-refractivity contribution in [3.05, 3.63) is 64.2 Å². The van der Waals surface area contributed by atoms with Crippen LogP contribution < -0.4 is 0 Å². The normalized spacial score (nSPS) is 18.4. The van der Waals surface area contributed by atoms with Gasteiger partial charge >= 0.3 is 0 Å². The Morgan fingerprint density at radius 3 is 2.67 bits per heavy atom. The zero-order valence-corrected chi connectivity index (χ0v) is 11.9. The van der Waals surface area contributed by atoms with E-state index in [4.69, 9.17) is 11.6 Å². The Bertz CT molecular complexity index is 560. The van der Waals surface area contributed by atoms with Crippen LogP contribution in [0.2, 0.25) is 5.02 Å². The molecule has 0 aromatic heterocycles. The van der Waals surface area contributed by atoms with E-state index in [-0.39, 0.29) is 0 Å². The molecule has 92 valence electrons. The largest absolute Gasteiger partial charge is 0.126 e. The molecule has 1 heterocycles. The van der Waals surface area contributed by atoms with Crippen molar-refractivity contribution in [1.82, 2.24) is 0 Å². The van der Waals surface area contributed by atoms with Crippen LogP contribution in [-0.4, -0.2) is 5.75 Å². The summed E-state index contributed by atoms with van der Waals surface area (Å²) in [7, 11) is 0. The Morgan fingerprint density at radius 1 is 1.11 bits per heavy atom. The van der Waals surface area contributed by atoms with Crippen molar-refractivity contribution >= 4 is 23.4 Å². The van der Waals surface area contributed by atoms with Gasteiger partial charge in [-0.1, -0.05) is 41.9 Å². The van der Waals surface area contributed by atoms with Crippen molar-refractivity contribution in [2.45, 2.75) is 24.2 Å². The van der Waals surface area contributed by atoms with Crippen LogP contribution in [0.1, 0.15) is 29.0 Å². The van der Waals surface area contributed by atoms with E-state index in [2.05, 4.69) is 37.3 Å². The Kier molecular flexibility index (Phi) is 3.36. The number of thioether (sulfide) groups is 1. The summed E-state index contributed by atoms with van der Waals surface area (Å²) in [5, 5.41) is 0.813. The first-order valence-electron chi connectivity index (χ1n) is 6.23. The molecule has 0 amide bonds. The van der Waals surface area contributed by atoms with Gasteiger partial charge in [-0.15, -0.1) is 11.8 Å².